The summed E-state index contributed by atoms with van der Waals surface area (Å²) < 4.78 is 5.80. The molecule has 1 unspecified atom stereocenters. The number of nitrogens with zero attached hydrogens (tertiary/aromatic N) is 1. The van der Waals surface area contributed by atoms with Crippen LogP contribution in [0.1, 0.15) is 31.7 Å². The topological polar surface area (TPSA) is 44.7 Å². The van der Waals surface area contributed by atoms with Gasteiger partial charge in [-0.05, 0) is 38.9 Å². The van der Waals surface area contributed by atoms with Crippen molar-refractivity contribution in [3.63, 3.8) is 0 Å². The Morgan fingerprint density at radius 1 is 1.38 bits per heavy atom. The van der Waals surface area contributed by atoms with Gasteiger partial charge >= 0.3 is 0 Å². The summed E-state index contributed by atoms with van der Waals surface area (Å²) in [6, 6.07) is 8.29. The van der Waals surface area contributed by atoms with Crippen molar-refractivity contribution >= 4 is 0 Å². The van der Waals surface area contributed by atoms with Gasteiger partial charge in [0.2, 0.25) is 0 Å². The number of ether oxygens (including phenoxy) is 1. The van der Waals surface area contributed by atoms with Crippen LogP contribution in [0.4, 0.5) is 0 Å². The van der Waals surface area contributed by atoms with Gasteiger partial charge in [0, 0.05) is 24.2 Å². The summed E-state index contributed by atoms with van der Waals surface area (Å²) in [5.41, 5.74) is 1.15. The van der Waals surface area contributed by atoms with E-state index in [-0.39, 0.29) is 12.1 Å². The average molecular weight is 292 g/mol. The van der Waals surface area contributed by atoms with Crippen molar-refractivity contribution in [1.29, 1.82) is 0 Å². The summed E-state index contributed by atoms with van der Waals surface area (Å²) in [6.45, 7) is 6.04. The monoisotopic (exact) mass is 292 g/mol. The van der Waals surface area contributed by atoms with E-state index in [9.17, 15) is 5.11 Å². The van der Waals surface area contributed by atoms with E-state index in [1.807, 2.05) is 19.2 Å². The molecule has 1 aromatic carbocycles. The lowest BCUT2D eigenvalue weighted by Gasteiger charge is -2.31. The molecule has 1 aliphatic heterocycles. The molecule has 1 heterocycles. The first-order chi connectivity index (χ1) is 10.2. The zero-order valence-corrected chi connectivity index (χ0v) is 13.3. The predicted molar refractivity (Wildman–Crippen MR) is 85.6 cm³/mol. The van der Waals surface area contributed by atoms with Crippen molar-refractivity contribution in [2.24, 2.45) is 0 Å². The van der Waals surface area contributed by atoms with Gasteiger partial charge in [-0.1, -0.05) is 25.1 Å². The van der Waals surface area contributed by atoms with Crippen molar-refractivity contribution in [2.45, 2.75) is 38.3 Å². The third kappa shape index (κ3) is 4.19. The van der Waals surface area contributed by atoms with E-state index >= 15 is 0 Å². The first kappa shape index (κ1) is 16.3. The standard InChI is InChI=1S/C17H28N2O2/c1-3-17(14-20,18-2)9-6-10-19-11-12-21-16-8-5-4-7-15(16)13-19/h4-5,7-8,18,20H,3,6,9-14H2,1-2H3. The molecule has 4 heteroatoms. The van der Waals surface area contributed by atoms with Gasteiger partial charge in [-0.3, -0.25) is 4.90 Å². The average Bonchev–Trinajstić information content (AvgIpc) is 2.74. The van der Waals surface area contributed by atoms with Crippen LogP contribution >= 0.6 is 0 Å². The van der Waals surface area contributed by atoms with Gasteiger partial charge in [-0.25, -0.2) is 0 Å². The summed E-state index contributed by atoms with van der Waals surface area (Å²) in [5.74, 6) is 1.02. The molecule has 0 amide bonds. The Kier molecular flexibility index (Phi) is 6.03. The molecule has 4 nitrogen and oxygen atoms in total. The summed E-state index contributed by atoms with van der Waals surface area (Å²) in [4.78, 5) is 2.44. The van der Waals surface area contributed by atoms with E-state index in [2.05, 4.69) is 29.3 Å². The number of likely N-dealkylation sites (N-methyl/N-ethyl adjacent to an activating group) is 1. The Morgan fingerprint density at radius 2 is 2.19 bits per heavy atom. The Morgan fingerprint density at radius 3 is 2.90 bits per heavy atom. The van der Waals surface area contributed by atoms with Crippen molar-refractivity contribution in [1.82, 2.24) is 10.2 Å². The summed E-state index contributed by atoms with van der Waals surface area (Å²) >= 11 is 0. The smallest absolute Gasteiger partial charge is 0.123 e. The highest BCUT2D eigenvalue weighted by atomic mass is 16.5. The molecule has 0 aromatic heterocycles. The molecule has 0 saturated heterocycles. The number of aliphatic hydroxyl groups is 1. The van der Waals surface area contributed by atoms with E-state index in [0.29, 0.717) is 0 Å². The molecule has 1 aliphatic rings. The normalized spacial score (nSPS) is 18.4. The minimum Gasteiger partial charge on any atom is -0.492 e. The van der Waals surface area contributed by atoms with Crippen molar-refractivity contribution in [3.05, 3.63) is 29.8 Å². The molecule has 0 spiro atoms. The van der Waals surface area contributed by atoms with Crippen LogP contribution in [0.5, 0.6) is 5.75 Å². The highest BCUT2D eigenvalue weighted by Crippen LogP contribution is 2.23. The fraction of sp³-hybridized carbons (Fsp3) is 0.647. The first-order valence-electron chi connectivity index (χ1n) is 7.96. The molecule has 0 aliphatic carbocycles. The third-order valence-corrected chi connectivity index (χ3v) is 4.67. The van der Waals surface area contributed by atoms with Crippen molar-refractivity contribution in [2.75, 3.05) is 33.4 Å². The van der Waals surface area contributed by atoms with Crippen LogP contribution in [0.2, 0.25) is 0 Å². The molecule has 0 saturated carbocycles. The molecular weight excluding hydrogens is 264 g/mol. The first-order valence-corrected chi connectivity index (χ1v) is 7.96. The largest absolute Gasteiger partial charge is 0.492 e. The molecule has 2 N–H and O–H groups in total. The maximum Gasteiger partial charge on any atom is 0.123 e. The fourth-order valence-corrected chi connectivity index (χ4v) is 2.96. The molecule has 1 atom stereocenters. The van der Waals surface area contributed by atoms with Gasteiger partial charge in [0.15, 0.2) is 0 Å². The molecule has 0 fully saturated rings. The Hall–Kier alpha value is -1.10. The number of rotatable bonds is 7. The molecular formula is C17H28N2O2. The van der Waals surface area contributed by atoms with Crippen molar-refractivity contribution in [3.8, 4) is 5.75 Å². The van der Waals surface area contributed by atoms with E-state index in [1.165, 1.54) is 5.56 Å². The summed E-state index contributed by atoms with van der Waals surface area (Å²) in [7, 11) is 1.94. The van der Waals surface area contributed by atoms with Gasteiger partial charge in [-0.2, -0.15) is 0 Å². The van der Waals surface area contributed by atoms with Gasteiger partial charge in [0.1, 0.15) is 12.4 Å². The molecule has 0 bridgehead atoms. The van der Waals surface area contributed by atoms with Crippen molar-refractivity contribution < 1.29 is 9.84 Å². The van der Waals surface area contributed by atoms with E-state index < -0.39 is 0 Å². The molecule has 2 rings (SSSR count). The van der Waals surface area contributed by atoms with Crippen LogP contribution in [0, 0.1) is 0 Å². The highest BCUT2D eigenvalue weighted by molar-refractivity contribution is 5.33. The van der Waals surface area contributed by atoms with E-state index in [0.717, 1.165) is 51.3 Å². The number of para-hydroxylation sites is 1. The van der Waals surface area contributed by atoms with Gasteiger partial charge in [-0.15, -0.1) is 0 Å². The molecule has 1 aromatic rings. The van der Waals surface area contributed by atoms with Gasteiger partial charge < -0.3 is 15.2 Å². The van der Waals surface area contributed by atoms with E-state index in [4.69, 9.17) is 4.74 Å². The lowest BCUT2D eigenvalue weighted by atomic mass is 9.91. The maximum atomic E-state index is 9.59. The Labute approximate surface area is 128 Å². The number of hydrogen-bond donors (Lipinski definition) is 2. The number of nitrogens with one attached hydrogen (secondary N) is 1. The lowest BCUT2D eigenvalue weighted by molar-refractivity contribution is 0.143. The molecule has 118 valence electrons. The predicted octanol–water partition coefficient (Wildman–Crippen LogP) is 2.02. The minimum absolute atomic E-state index is 0.125. The highest BCUT2D eigenvalue weighted by Gasteiger charge is 2.25. The second kappa shape index (κ2) is 7.78. The second-order valence-corrected chi connectivity index (χ2v) is 5.88. The maximum absolute atomic E-state index is 9.59. The number of benzene rings is 1. The van der Waals surface area contributed by atoms with Crippen LogP contribution in [0.3, 0.4) is 0 Å². The Balaban J connectivity index is 1.87. The number of fused-ring (bicyclic) bond motifs is 1. The SMILES string of the molecule is CCC(CO)(CCCN1CCOc2ccccc2C1)NC. The fourth-order valence-electron chi connectivity index (χ4n) is 2.96. The van der Waals surface area contributed by atoms with Crippen LogP contribution < -0.4 is 10.1 Å². The van der Waals surface area contributed by atoms with Crippen LogP contribution in [0.15, 0.2) is 24.3 Å². The molecule has 21 heavy (non-hydrogen) atoms. The number of hydrogen-bond acceptors (Lipinski definition) is 4. The zero-order chi connectivity index (χ0) is 15.1. The molecule has 0 radical (unpaired) electrons. The minimum atomic E-state index is -0.125. The third-order valence-electron chi connectivity index (χ3n) is 4.67. The van der Waals surface area contributed by atoms with Crippen LogP contribution in [-0.2, 0) is 6.54 Å². The van der Waals surface area contributed by atoms with Crippen LogP contribution in [-0.4, -0.2) is 48.9 Å². The van der Waals surface area contributed by atoms with E-state index in [1.54, 1.807) is 0 Å². The number of aliphatic hydroxyl groups excluding tert-OH is 1. The second-order valence-electron chi connectivity index (χ2n) is 5.88. The zero-order valence-electron chi connectivity index (χ0n) is 13.3. The quantitative estimate of drug-likeness (QED) is 0.807. The lowest BCUT2D eigenvalue weighted by Crippen LogP contribution is -2.46. The Bertz CT molecular complexity index is 424. The van der Waals surface area contributed by atoms with Crippen LogP contribution in [0.25, 0.3) is 0 Å². The summed E-state index contributed by atoms with van der Waals surface area (Å²) in [6.07, 6.45) is 3.03. The summed E-state index contributed by atoms with van der Waals surface area (Å²) in [5, 5.41) is 12.9. The van der Waals surface area contributed by atoms with Gasteiger partial charge in [0.05, 0.1) is 6.61 Å². The van der Waals surface area contributed by atoms with Gasteiger partial charge in [0.25, 0.3) is 0 Å².